The summed E-state index contributed by atoms with van der Waals surface area (Å²) in [5, 5.41) is 11.5. The minimum absolute atomic E-state index is 0.0717. The summed E-state index contributed by atoms with van der Waals surface area (Å²) in [4.78, 5) is 37.9. The van der Waals surface area contributed by atoms with Crippen molar-refractivity contribution in [1.82, 2.24) is 4.90 Å². The minimum Gasteiger partial charge on any atom is -0.453 e. The van der Waals surface area contributed by atoms with Gasteiger partial charge in [-0.2, -0.15) is 0 Å². The van der Waals surface area contributed by atoms with Gasteiger partial charge in [-0.05, 0) is 12.8 Å². The maximum atomic E-state index is 12.9. The third kappa shape index (κ3) is 2.77. The van der Waals surface area contributed by atoms with Crippen LogP contribution in [0.25, 0.3) is 0 Å². The van der Waals surface area contributed by atoms with Crippen molar-refractivity contribution < 1.29 is 19.2 Å². The molecule has 138 valence electrons. The van der Waals surface area contributed by atoms with Gasteiger partial charge in [0.1, 0.15) is 5.78 Å². The Hall–Kier alpha value is -2.70. The highest BCUT2D eigenvalue weighted by Crippen LogP contribution is 2.51. The Morgan fingerprint density at radius 1 is 1.42 bits per heavy atom. The first-order valence-corrected chi connectivity index (χ1v) is 8.73. The van der Waals surface area contributed by atoms with Gasteiger partial charge in [0.05, 0.1) is 24.0 Å². The Labute approximate surface area is 151 Å². The molecule has 1 amide bonds. The molecule has 1 aliphatic carbocycles. The van der Waals surface area contributed by atoms with Crippen LogP contribution in [0.4, 0.5) is 10.5 Å². The molecule has 1 fully saturated rings. The van der Waals surface area contributed by atoms with Crippen LogP contribution in [-0.2, 0) is 9.53 Å². The Bertz CT molecular complexity index is 775. The molecule has 1 saturated carbocycles. The number of nitro benzene ring substituents is 1. The highest BCUT2D eigenvalue weighted by atomic mass is 16.6. The fourth-order valence-corrected chi connectivity index (χ4v) is 4.42. The van der Waals surface area contributed by atoms with E-state index in [9.17, 15) is 19.7 Å². The average molecular weight is 358 g/mol. The van der Waals surface area contributed by atoms with E-state index < -0.39 is 28.4 Å². The maximum Gasteiger partial charge on any atom is 0.410 e. The van der Waals surface area contributed by atoms with Crippen molar-refractivity contribution in [1.29, 1.82) is 0 Å². The zero-order valence-corrected chi connectivity index (χ0v) is 14.9. The van der Waals surface area contributed by atoms with Gasteiger partial charge in [-0.1, -0.05) is 37.3 Å². The number of hydrogen-bond acceptors (Lipinski definition) is 5. The number of methoxy groups -OCH3 is 1. The SMILES string of the molecule is CC[C@]12C=CCN(C(=O)OC)[C@H]1[C@@H](c1ccccc1[N+](=O)[O-])C(=O)CC2. The average Bonchev–Trinajstić information content (AvgIpc) is 2.67. The number of para-hydroxylation sites is 1. The summed E-state index contributed by atoms with van der Waals surface area (Å²) in [6.07, 6.45) is 5.16. The van der Waals surface area contributed by atoms with Gasteiger partial charge in [-0.15, -0.1) is 0 Å². The van der Waals surface area contributed by atoms with Gasteiger partial charge >= 0.3 is 6.09 Å². The molecule has 0 spiro atoms. The number of carbonyl (C=O) groups excluding carboxylic acids is 2. The van der Waals surface area contributed by atoms with Crippen LogP contribution >= 0.6 is 0 Å². The third-order valence-corrected chi connectivity index (χ3v) is 5.71. The molecule has 0 N–H and O–H groups in total. The van der Waals surface area contributed by atoms with Crippen molar-refractivity contribution in [2.75, 3.05) is 13.7 Å². The first-order valence-electron chi connectivity index (χ1n) is 8.73. The number of fused-ring (bicyclic) bond motifs is 1. The van der Waals surface area contributed by atoms with E-state index in [1.54, 1.807) is 23.1 Å². The van der Waals surface area contributed by atoms with E-state index in [4.69, 9.17) is 4.74 Å². The quantitative estimate of drug-likeness (QED) is 0.469. The number of hydrogen-bond donors (Lipinski definition) is 0. The molecule has 7 nitrogen and oxygen atoms in total. The second-order valence-corrected chi connectivity index (χ2v) is 6.82. The fourth-order valence-electron chi connectivity index (χ4n) is 4.42. The normalized spacial score (nSPS) is 27.8. The standard InChI is InChI=1S/C19H22N2O5/c1-3-19-10-6-12-20(18(23)26-2)17(19)16(15(22)9-11-19)13-7-4-5-8-14(13)21(24)25/h4-8,10,16-17H,3,9,11-12H2,1-2H3/t16-,17-,19+/m0/s1. The number of rotatable bonds is 3. The fraction of sp³-hybridized carbons (Fsp3) is 0.474. The van der Waals surface area contributed by atoms with Gasteiger partial charge < -0.3 is 4.74 Å². The van der Waals surface area contributed by atoms with E-state index in [0.717, 1.165) is 6.42 Å². The van der Waals surface area contributed by atoms with Crippen LogP contribution in [0.1, 0.15) is 37.7 Å². The minimum atomic E-state index is -0.741. The lowest BCUT2D eigenvalue weighted by Crippen LogP contribution is -2.58. The zero-order chi connectivity index (χ0) is 18.9. The molecule has 0 saturated heterocycles. The molecule has 1 heterocycles. The van der Waals surface area contributed by atoms with E-state index in [1.807, 2.05) is 13.0 Å². The number of nitrogens with zero attached hydrogens (tertiary/aromatic N) is 2. The predicted molar refractivity (Wildman–Crippen MR) is 94.8 cm³/mol. The molecule has 0 radical (unpaired) electrons. The number of ketones is 1. The highest BCUT2D eigenvalue weighted by Gasteiger charge is 2.53. The molecule has 1 aromatic carbocycles. The topological polar surface area (TPSA) is 89.8 Å². The Morgan fingerprint density at radius 2 is 2.15 bits per heavy atom. The summed E-state index contributed by atoms with van der Waals surface area (Å²) in [6, 6.07) is 5.82. The maximum absolute atomic E-state index is 12.9. The molecular weight excluding hydrogens is 336 g/mol. The van der Waals surface area contributed by atoms with E-state index >= 15 is 0 Å². The molecule has 0 unspecified atom stereocenters. The van der Waals surface area contributed by atoms with Crippen molar-refractivity contribution >= 4 is 17.6 Å². The van der Waals surface area contributed by atoms with Gasteiger partial charge in [0.25, 0.3) is 5.69 Å². The number of nitro groups is 1. The molecule has 7 heteroatoms. The van der Waals surface area contributed by atoms with E-state index in [2.05, 4.69) is 6.08 Å². The molecular formula is C19H22N2O5. The van der Waals surface area contributed by atoms with E-state index in [-0.39, 0.29) is 11.5 Å². The van der Waals surface area contributed by atoms with Crippen molar-refractivity contribution in [2.45, 2.75) is 38.1 Å². The first kappa shape index (κ1) is 18.1. The number of Topliss-reactive ketones (excluding diaryl/α,β-unsaturated/α-hetero) is 1. The van der Waals surface area contributed by atoms with Crippen LogP contribution in [0.2, 0.25) is 0 Å². The predicted octanol–water partition coefficient (Wildman–Crippen LogP) is 3.44. The summed E-state index contributed by atoms with van der Waals surface area (Å²) >= 11 is 0. The van der Waals surface area contributed by atoms with Crippen LogP contribution in [0.15, 0.2) is 36.4 Å². The van der Waals surface area contributed by atoms with Gasteiger partial charge in [0, 0.05) is 30.0 Å². The summed E-state index contributed by atoms with van der Waals surface area (Å²) in [5.41, 5.74) is -0.110. The smallest absolute Gasteiger partial charge is 0.410 e. The molecule has 0 aromatic heterocycles. The molecule has 26 heavy (non-hydrogen) atoms. The number of benzene rings is 1. The van der Waals surface area contributed by atoms with Crippen LogP contribution in [0.3, 0.4) is 0 Å². The molecule has 2 aliphatic rings. The highest BCUT2D eigenvalue weighted by molar-refractivity contribution is 5.90. The monoisotopic (exact) mass is 358 g/mol. The molecule has 1 aliphatic heterocycles. The molecule has 1 aromatic rings. The Balaban J connectivity index is 2.19. The van der Waals surface area contributed by atoms with Crippen LogP contribution in [0.5, 0.6) is 0 Å². The summed E-state index contributed by atoms with van der Waals surface area (Å²) < 4.78 is 4.93. The summed E-state index contributed by atoms with van der Waals surface area (Å²) in [6.45, 7) is 2.34. The lowest BCUT2D eigenvalue weighted by atomic mass is 9.60. The second-order valence-electron chi connectivity index (χ2n) is 6.82. The van der Waals surface area contributed by atoms with E-state index in [1.165, 1.54) is 13.2 Å². The van der Waals surface area contributed by atoms with Gasteiger partial charge in [-0.25, -0.2) is 4.79 Å². The zero-order valence-electron chi connectivity index (χ0n) is 14.9. The van der Waals surface area contributed by atoms with Crippen LogP contribution < -0.4 is 0 Å². The first-order chi connectivity index (χ1) is 12.4. The molecule has 0 bridgehead atoms. The third-order valence-electron chi connectivity index (χ3n) is 5.71. The van der Waals surface area contributed by atoms with Gasteiger partial charge in [-0.3, -0.25) is 19.8 Å². The van der Waals surface area contributed by atoms with Gasteiger partial charge in [0.2, 0.25) is 0 Å². The van der Waals surface area contributed by atoms with Crippen molar-refractivity contribution in [3.63, 3.8) is 0 Å². The number of ether oxygens (including phenoxy) is 1. The van der Waals surface area contributed by atoms with Gasteiger partial charge in [0.15, 0.2) is 0 Å². The Morgan fingerprint density at radius 3 is 2.81 bits per heavy atom. The number of carbonyl (C=O) groups is 2. The second kappa shape index (κ2) is 6.90. The number of amides is 1. The summed E-state index contributed by atoms with van der Waals surface area (Å²) in [7, 11) is 1.30. The van der Waals surface area contributed by atoms with Crippen molar-refractivity contribution in [3.8, 4) is 0 Å². The molecule has 3 atom stereocenters. The van der Waals surface area contributed by atoms with Crippen LogP contribution in [0, 0.1) is 15.5 Å². The lowest BCUT2D eigenvalue weighted by Gasteiger charge is -2.51. The Kier molecular flexibility index (Phi) is 4.80. The lowest BCUT2D eigenvalue weighted by molar-refractivity contribution is -0.385. The summed E-state index contributed by atoms with van der Waals surface area (Å²) in [5.74, 6) is -0.813. The van der Waals surface area contributed by atoms with E-state index in [0.29, 0.717) is 24.9 Å². The van der Waals surface area contributed by atoms with Crippen molar-refractivity contribution in [2.24, 2.45) is 5.41 Å². The molecule has 3 rings (SSSR count). The largest absolute Gasteiger partial charge is 0.453 e. The van der Waals surface area contributed by atoms with Crippen LogP contribution in [-0.4, -0.2) is 41.4 Å². The van der Waals surface area contributed by atoms with Crippen molar-refractivity contribution in [3.05, 3.63) is 52.1 Å².